The van der Waals surface area contributed by atoms with Crippen molar-refractivity contribution < 1.29 is 13.2 Å². The predicted molar refractivity (Wildman–Crippen MR) is 33.0 cm³/mol. The highest BCUT2D eigenvalue weighted by Gasteiger charge is 2.04. The van der Waals surface area contributed by atoms with Gasteiger partial charge in [-0.25, -0.2) is 8.42 Å². The van der Waals surface area contributed by atoms with E-state index in [0.29, 0.717) is 0 Å². The summed E-state index contributed by atoms with van der Waals surface area (Å²) >= 11 is 0. The van der Waals surface area contributed by atoms with Gasteiger partial charge >= 0.3 is 0 Å². The summed E-state index contributed by atoms with van der Waals surface area (Å²) in [5, 5.41) is 0. The van der Waals surface area contributed by atoms with E-state index in [4.69, 9.17) is 0 Å². The van der Waals surface area contributed by atoms with Crippen molar-refractivity contribution >= 4 is 10.0 Å². The fraction of sp³-hybridized carbons (Fsp3) is 1.00. The topological polar surface area (TPSA) is 81.4 Å². The molecule has 0 saturated carbocycles. The van der Waals surface area contributed by atoms with Crippen LogP contribution < -0.4 is 10.7 Å². The molecule has 0 aliphatic carbocycles. The lowest BCUT2D eigenvalue weighted by molar-refractivity contribution is 0.217. The quantitative estimate of drug-likeness (QED) is 0.378. The van der Waals surface area contributed by atoms with Crippen molar-refractivity contribution in [2.45, 2.75) is 0 Å². The summed E-state index contributed by atoms with van der Waals surface area (Å²) in [7, 11) is -1.86. The number of nitrogens with two attached hydrogens (primary N) is 1. The Morgan fingerprint density at radius 3 is 2.56 bits per heavy atom. The first-order chi connectivity index (χ1) is 4.12. The molecule has 5 nitrogen and oxygen atoms in total. The first kappa shape index (κ1) is 8.83. The van der Waals surface area contributed by atoms with E-state index < -0.39 is 10.0 Å². The zero-order valence-corrected chi connectivity index (χ0v) is 5.94. The van der Waals surface area contributed by atoms with Crippen LogP contribution in [0.1, 0.15) is 0 Å². The maximum absolute atomic E-state index is 10.4. The minimum absolute atomic E-state index is 0.0972. The lowest BCUT2D eigenvalue weighted by atomic mass is 10.9. The Balaban J connectivity index is 3.61. The van der Waals surface area contributed by atoms with Gasteiger partial charge in [-0.2, -0.15) is 4.83 Å². The molecule has 3 N–H and O–H groups in total. The molecular formula is C3H10N2O3S. The van der Waals surface area contributed by atoms with Gasteiger partial charge in [0.05, 0.1) is 12.4 Å². The molecule has 0 aromatic rings. The summed E-state index contributed by atoms with van der Waals surface area (Å²) in [5.41, 5.74) is 0. The van der Waals surface area contributed by atoms with Crippen LogP contribution in [0, 0.1) is 0 Å². The van der Waals surface area contributed by atoms with E-state index in [0.717, 1.165) is 0 Å². The monoisotopic (exact) mass is 154 g/mol. The molecule has 56 valence electrons. The predicted octanol–water partition coefficient (Wildman–Crippen LogP) is -1.57. The Morgan fingerprint density at radius 1 is 1.67 bits per heavy atom. The fourth-order valence-corrected chi connectivity index (χ4v) is 0.756. The first-order valence-corrected chi connectivity index (χ1v) is 3.96. The Kier molecular flexibility index (Phi) is 3.71. The minimum Gasteiger partial charge on any atom is -0.384 e. The van der Waals surface area contributed by atoms with Crippen LogP contribution in [0.25, 0.3) is 0 Å². The van der Waals surface area contributed by atoms with Crippen LogP contribution in [0.2, 0.25) is 0 Å². The van der Waals surface area contributed by atoms with Gasteiger partial charge in [0.1, 0.15) is 0 Å². The molecule has 0 aromatic carbocycles. The van der Waals surface area contributed by atoms with Gasteiger partial charge in [-0.3, -0.25) is 5.84 Å². The molecule has 6 heteroatoms. The molecule has 0 heterocycles. The second kappa shape index (κ2) is 3.78. The van der Waals surface area contributed by atoms with E-state index in [1.54, 1.807) is 4.83 Å². The highest BCUT2D eigenvalue weighted by Crippen LogP contribution is 1.79. The van der Waals surface area contributed by atoms with Crippen LogP contribution in [0.3, 0.4) is 0 Å². The van der Waals surface area contributed by atoms with Crippen molar-refractivity contribution in [2.24, 2.45) is 5.84 Å². The molecule has 0 atom stereocenters. The molecule has 0 radical (unpaired) electrons. The van der Waals surface area contributed by atoms with Crippen LogP contribution in [0.15, 0.2) is 0 Å². The SMILES string of the molecule is COCCS(=O)(=O)NN. The molecular weight excluding hydrogens is 144 g/mol. The summed E-state index contributed by atoms with van der Waals surface area (Å²) in [5.74, 6) is 4.56. The van der Waals surface area contributed by atoms with Crippen molar-refractivity contribution in [3.05, 3.63) is 0 Å². The van der Waals surface area contributed by atoms with Crippen LogP contribution >= 0.6 is 0 Å². The molecule has 0 amide bonds. The number of hydrogen-bond acceptors (Lipinski definition) is 4. The second-order valence-corrected chi connectivity index (χ2v) is 3.30. The van der Waals surface area contributed by atoms with Crippen molar-refractivity contribution in [1.29, 1.82) is 0 Å². The van der Waals surface area contributed by atoms with E-state index in [1.165, 1.54) is 7.11 Å². The fourth-order valence-electron chi connectivity index (χ4n) is 0.252. The minimum atomic E-state index is -3.28. The van der Waals surface area contributed by atoms with Gasteiger partial charge in [0.15, 0.2) is 0 Å². The molecule has 0 spiro atoms. The summed E-state index contributed by atoms with van der Waals surface area (Å²) in [6, 6.07) is 0. The second-order valence-electron chi connectivity index (χ2n) is 1.43. The standard InChI is InChI=1S/C3H10N2O3S/c1-8-2-3-9(6,7)5-4/h5H,2-4H2,1H3. The molecule has 0 saturated heterocycles. The number of methoxy groups -OCH3 is 1. The number of ether oxygens (including phenoxy) is 1. The van der Waals surface area contributed by atoms with Gasteiger partial charge in [-0.05, 0) is 0 Å². The average Bonchev–Trinajstić information content (AvgIpc) is 1.84. The third kappa shape index (κ3) is 4.34. The van der Waals surface area contributed by atoms with Gasteiger partial charge in [-0.1, -0.05) is 0 Å². The molecule has 0 aliphatic heterocycles. The van der Waals surface area contributed by atoms with Gasteiger partial charge in [0, 0.05) is 7.11 Å². The largest absolute Gasteiger partial charge is 0.384 e. The highest BCUT2D eigenvalue weighted by molar-refractivity contribution is 7.89. The molecule has 0 rings (SSSR count). The summed E-state index contributed by atoms with van der Waals surface area (Å²) in [6.07, 6.45) is 0. The maximum Gasteiger partial charge on any atom is 0.226 e. The maximum atomic E-state index is 10.4. The normalized spacial score (nSPS) is 11.8. The Labute approximate surface area is 54.2 Å². The number of hydrazine groups is 1. The molecule has 0 bridgehead atoms. The van der Waals surface area contributed by atoms with Crippen molar-refractivity contribution in [3.8, 4) is 0 Å². The van der Waals surface area contributed by atoms with E-state index in [-0.39, 0.29) is 12.4 Å². The molecule has 0 unspecified atom stereocenters. The number of hydrogen-bond donors (Lipinski definition) is 2. The summed E-state index contributed by atoms with van der Waals surface area (Å²) in [4.78, 5) is 1.67. The summed E-state index contributed by atoms with van der Waals surface area (Å²) < 4.78 is 25.4. The zero-order valence-electron chi connectivity index (χ0n) is 5.12. The average molecular weight is 154 g/mol. The molecule has 0 fully saturated rings. The van der Waals surface area contributed by atoms with Gasteiger partial charge < -0.3 is 4.74 Å². The van der Waals surface area contributed by atoms with E-state index in [1.807, 2.05) is 0 Å². The first-order valence-electron chi connectivity index (χ1n) is 2.31. The lowest BCUT2D eigenvalue weighted by Crippen LogP contribution is -2.33. The van der Waals surface area contributed by atoms with Gasteiger partial charge in [0.25, 0.3) is 0 Å². The van der Waals surface area contributed by atoms with Crippen molar-refractivity contribution in [2.75, 3.05) is 19.5 Å². The lowest BCUT2D eigenvalue weighted by Gasteiger charge is -1.98. The Bertz CT molecular complexity index is 152. The van der Waals surface area contributed by atoms with Crippen molar-refractivity contribution in [3.63, 3.8) is 0 Å². The van der Waals surface area contributed by atoms with E-state index in [2.05, 4.69) is 10.6 Å². The van der Waals surface area contributed by atoms with Crippen LogP contribution in [-0.4, -0.2) is 27.9 Å². The third-order valence-corrected chi connectivity index (χ3v) is 1.80. The van der Waals surface area contributed by atoms with Gasteiger partial charge in [0.2, 0.25) is 10.0 Å². The van der Waals surface area contributed by atoms with E-state index in [9.17, 15) is 8.42 Å². The number of nitrogens with one attached hydrogen (secondary N) is 1. The van der Waals surface area contributed by atoms with Crippen LogP contribution in [0.4, 0.5) is 0 Å². The Hall–Kier alpha value is -0.170. The Morgan fingerprint density at radius 2 is 2.22 bits per heavy atom. The van der Waals surface area contributed by atoms with Crippen molar-refractivity contribution in [1.82, 2.24) is 4.83 Å². The number of rotatable bonds is 4. The third-order valence-electron chi connectivity index (χ3n) is 0.736. The summed E-state index contributed by atoms with van der Waals surface area (Å²) in [6.45, 7) is 0.159. The molecule has 0 aliphatic rings. The van der Waals surface area contributed by atoms with Crippen LogP contribution in [-0.2, 0) is 14.8 Å². The molecule has 9 heavy (non-hydrogen) atoms. The zero-order chi connectivity index (χ0) is 7.33. The van der Waals surface area contributed by atoms with E-state index >= 15 is 0 Å². The smallest absolute Gasteiger partial charge is 0.226 e. The highest BCUT2D eigenvalue weighted by atomic mass is 32.2. The van der Waals surface area contributed by atoms with Crippen LogP contribution in [0.5, 0.6) is 0 Å². The molecule has 0 aromatic heterocycles. The van der Waals surface area contributed by atoms with Gasteiger partial charge in [-0.15, -0.1) is 0 Å². The number of sulfonamides is 1.